The summed E-state index contributed by atoms with van der Waals surface area (Å²) in [6, 6.07) is 0. The Bertz CT molecular complexity index is 1050. The molecule has 3 atom stereocenters. The van der Waals surface area contributed by atoms with Crippen LogP contribution in [0.25, 0.3) is 0 Å². The Kier molecular flexibility index (Phi) is 48.0. The second kappa shape index (κ2) is 42.0. The number of ether oxygens (including phenoxy) is 4. The van der Waals surface area contributed by atoms with Crippen molar-refractivity contribution < 1.29 is 119 Å². The van der Waals surface area contributed by atoms with Gasteiger partial charge in [0, 0.05) is 37.6 Å². The summed E-state index contributed by atoms with van der Waals surface area (Å²) in [5.74, 6) is -1.05. The molecule has 0 saturated carbocycles. The number of hydrogen-bond donors (Lipinski definition) is 2. The molecule has 13 nitrogen and oxygen atoms in total. The molecule has 320 valence electrons. The van der Waals surface area contributed by atoms with E-state index in [1.165, 1.54) is 103 Å². The van der Waals surface area contributed by atoms with Crippen LogP contribution in [0.4, 0.5) is 0 Å². The first-order valence-corrected chi connectivity index (χ1v) is 23.4. The molecule has 0 aliphatic carbocycles. The monoisotopic (exact) mass is 850 g/mol. The number of carbonyl (C=O) groups is 1. The van der Waals surface area contributed by atoms with E-state index in [-0.39, 0.29) is 104 Å². The van der Waals surface area contributed by atoms with Gasteiger partial charge in [-0.1, -0.05) is 117 Å². The summed E-state index contributed by atoms with van der Waals surface area (Å²) in [4.78, 5) is 10.7. The van der Waals surface area contributed by atoms with E-state index in [1.807, 2.05) is 6.92 Å². The molecule has 17 heteroatoms. The molecule has 1 aliphatic rings. The molecule has 0 bridgehead atoms. The second-order valence-electron chi connectivity index (χ2n) is 14.3. The first-order valence-electron chi connectivity index (χ1n) is 20.2. The molecule has 1 rings (SSSR count). The van der Waals surface area contributed by atoms with Crippen molar-refractivity contribution >= 4 is 26.0 Å². The number of ketones is 1. The van der Waals surface area contributed by atoms with Crippen LogP contribution in [0.1, 0.15) is 169 Å². The zero-order valence-corrected chi connectivity index (χ0v) is 41.2. The van der Waals surface area contributed by atoms with Gasteiger partial charge in [-0.05, 0) is 39.5 Å². The minimum Gasteiger partial charge on any atom is -0.748 e. The molecule has 1 saturated heterocycles. The van der Waals surface area contributed by atoms with Crippen LogP contribution in [0.5, 0.6) is 0 Å². The Morgan fingerprint density at radius 2 is 1.15 bits per heavy atom. The standard InChI is InChI=1S/C19H38O6S.C13H26O.C6H14O6S.2Na/c1-3-4-5-6-7-8-9-10-11-13-19(2)24-17-18(25-19)16-23-14-12-15-26(20,21)22;1-3-4-5-6-7-8-9-10-11-12-13(2)14;7-4-6(8)5-12-2-1-3-13(9,10)11;;/h18H,3-17H2,1-2H3,(H,20,21,22);3-12H2,1-2H3;6-8H,1-5H2,(H,9,10,11);;/q;;;2*+1/p-2. The average molecular weight is 851 g/mol. The number of hydrogen-bond acceptors (Lipinski definition) is 13. The van der Waals surface area contributed by atoms with Crippen molar-refractivity contribution in [3.05, 3.63) is 0 Å². The summed E-state index contributed by atoms with van der Waals surface area (Å²) < 4.78 is 83.7. The van der Waals surface area contributed by atoms with Crippen LogP contribution in [-0.4, -0.2) is 111 Å². The van der Waals surface area contributed by atoms with E-state index in [2.05, 4.69) is 13.8 Å². The molecule has 0 aromatic rings. The van der Waals surface area contributed by atoms with Crippen molar-refractivity contribution in [1.82, 2.24) is 0 Å². The predicted molar refractivity (Wildman–Crippen MR) is 207 cm³/mol. The maximum Gasteiger partial charge on any atom is 1.00 e. The van der Waals surface area contributed by atoms with Crippen LogP contribution >= 0.6 is 0 Å². The van der Waals surface area contributed by atoms with Gasteiger partial charge < -0.3 is 43.1 Å². The molecule has 3 unspecified atom stereocenters. The van der Waals surface area contributed by atoms with Gasteiger partial charge in [0.2, 0.25) is 0 Å². The minimum atomic E-state index is -4.17. The van der Waals surface area contributed by atoms with E-state index in [0.717, 1.165) is 25.7 Å². The van der Waals surface area contributed by atoms with Gasteiger partial charge in [-0.15, -0.1) is 0 Å². The van der Waals surface area contributed by atoms with E-state index in [9.17, 15) is 30.7 Å². The van der Waals surface area contributed by atoms with Crippen molar-refractivity contribution in [3.8, 4) is 0 Å². The fraction of sp³-hybridized carbons (Fsp3) is 0.974. The Morgan fingerprint density at radius 3 is 1.56 bits per heavy atom. The van der Waals surface area contributed by atoms with E-state index in [1.54, 1.807) is 6.92 Å². The third kappa shape index (κ3) is 51.3. The van der Waals surface area contributed by atoms with Crippen molar-refractivity contribution in [2.45, 2.75) is 187 Å². The van der Waals surface area contributed by atoms with Gasteiger partial charge in [0.1, 0.15) is 18.0 Å². The summed E-state index contributed by atoms with van der Waals surface area (Å²) in [5.41, 5.74) is 0. The fourth-order valence-electron chi connectivity index (χ4n) is 5.51. The molecule has 0 spiro atoms. The Hall–Kier alpha value is 1.25. The number of rotatable bonds is 33. The molecule has 0 radical (unpaired) electrons. The summed E-state index contributed by atoms with van der Waals surface area (Å²) in [5, 5.41) is 17.1. The van der Waals surface area contributed by atoms with Crippen LogP contribution in [0.2, 0.25) is 0 Å². The van der Waals surface area contributed by atoms with Gasteiger partial charge in [0.05, 0.1) is 46.7 Å². The first kappa shape index (κ1) is 62.9. The molecule has 1 heterocycles. The zero-order valence-electron chi connectivity index (χ0n) is 35.6. The summed E-state index contributed by atoms with van der Waals surface area (Å²) in [6.45, 7) is 8.88. The number of carbonyl (C=O) groups excluding carboxylic acids is 1. The Morgan fingerprint density at radius 1 is 0.727 bits per heavy atom. The van der Waals surface area contributed by atoms with Crippen molar-refractivity contribution in [1.29, 1.82) is 0 Å². The second-order valence-corrected chi connectivity index (χ2v) is 17.3. The molecule has 1 fully saturated rings. The minimum absolute atomic E-state index is 0. The van der Waals surface area contributed by atoms with E-state index < -0.39 is 44.5 Å². The number of Topliss-reactive ketones (excluding diaryl/α,β-unsaturated/α-hetero) is 1. The van der Waals surface area contributed by atoms with Crippen LogP contribution in [-0.2, 0) is 44.0 Å². The number of aliphatic hydroxyl groups is 2. The number of unbranched alkanes of at least 4 members (excludes halogenated alkanes) is 16. The number of aliphatic hydroxyl groups excluding tert-OH is 2. The average Bonchev–Trinajstić information content (AvgIpc) is 3.46. The van der Waals surface area contributed by atoms with Crippen LogP contribution < -0.4 is 59.1 Å². The van der Waals surface area contributed by atoms with Gasteiger partial charge >= 0.3 is 59.1 Å². The van der Waals surface area contributed by atoms with Gasteiger partial charge in [-0.25, -0.2) is 16.8 Å². The smallest absolute Gasteiger partial charge is 0.748 e. The van der Waals surface area contributed by atoms with Gasteiger partial charge in [-0.3, -0.25) is 0 Å². The van der Waals surface area contributed by atoms with Crippen molar-refractivity contribution in [2.75, 3.05) is 51.1 Å². The molecule has 0 aromatic carbocycles. The summed E-state index contributed by atoms with van der Waals surface area (Å²) >= 11 is 0. The summed E-state index contributed by atoms with van der Waals surface area (Å²) in [6.07, 6.45) is 24.5. The quantitative estimate of drug-likeness (QED) is 0.0533. The molecule has 2 N–H and O–H groups in total. The predicted octanol–water partition coefficient (Wildman–Crippen LogP) is 0.787. The Labute approximate surface area is 380 Å². The maximum atomic E-state index is 10.7. The SMILES string of the molecule is CCCCCCCCCCCC(C)=O.CCCCCCCCCCCC1(C)OCC(COCCCS(=O)(=O)[O-])O1.O=S(=O)([O-])CCCOCC(O)CO.[Na+].[Na+]. The first-order chi connectivity index (χ1) is 25.1. The van der Waals surface area contributed by atoms with E-state index in [4.69, 9.17) is 29.2 Å². The molecule has 0 aromatic heterocycles. The summed E-state index contributed by atoms with van der Waals surface area (Å²) in [7, 11) is -8.32. The van der Waals surface area contributed by atoms with Crippen LogP contribution in [0.15, 0.2) is 0 Å². The van der Waals surface area contributed by atoms with Crippen LogP contribution in [0, 0.1) is 0 Å². The van der Waals surface area contributed by atoms with E-state index in [0.29, 0.717) is 19.0 Å². The third-order valence-corrected chi connectivity index (χ3v) is 10.1. The molecule has 1 aliphatic heterocycles. The topological polar surface area (TPSA) is 209 Å². The van der Waals surface area contributed by atoms with Crippen molar-refractivity contribution in [2.24, 2.45) is 0 Å². The fourth-order valence-corrected chi connectivity index (χ4v) is 6.45. The van der Waals surface area contributed by atoms with Gasteiger partial charge in [0.15, 0.2) is 5.79 Å². The van der Waals surface area contributed by atoms with Gasteiger partial charge in [0.25, 0.3) is 0 Å². The maximum absolute atomic E-state index is 10.7. The van der Waals surface area contributed by atoms with Gasteiger partial charge in [-0.2, -0.15) is 0 Å². The normalized spacial score (nSPS) is 17.2. The van der Waals surface area contributed by atoms with Crippen LogP contribution in [0.3, 0.4) is 0 Å². The molecule has 0 amide bonds. The molecule has 55 heavy (non-hydrogen) atoms. The largest absolute Gasteiger partial charge is 1.00 e. The Balaban J connectivity index is -0.000000382. The third-order valence-electron chi connectivity index (χ3n) is 8.55. The molecular weight excluding hydrogens is 775 g/mol. The zero-order chi connectivity index (χ0) is 40.3. The van der Waals surface area contributed by atoms with Crippen molar-refractivity contribution in [3.63, 3.8) is 0 Å². The molecular formula is C38H76Na2O13S2. The van der Waals surface area contributed by atoms with E-state index >= 15 is 0 Å².